The summed E-state index contributed by atoms with van der Waals surface area (Å²) < 4.78 is 1.76. The van der Waals surface area contributed by atoms with Crippen LogP contribution < -0.4 is 16.6 Å². The zero-order valence-corrected chi connectivity index (χ0v) is 17.4. The van der Waals surface area contributed by atoms with Crippen molar-refractivity contribution < 1.29 is 4.79 Å². The second-order valence-electron chi connectivity index (χ2n) is 6.42. The van der Waals surface area contributed by atoms with Crippen molar-refractivity contribution in [3.63, 3.8) is 0 Å². The molecule has 0 fully saturated rings. The van der Waals surface area contributed by atoms with E-state index < -0.39 is 10.8 Å². The molecule has 1 heterocycles. The van der Waals surface area contributed by atoms with E-state index in [4.69, 9.17) is 17.3 Å². The fourth-order valence-electron chi connectivity index (χ4n) is 2.71. The summed E-state index contributed by atoms with van der Waals surface area (Å²) in [5, 5.41) is 3.16. The SMILES string of the molecule is C[C@@H](Sc1nc(=O)cc(N)n1CCc1ccccc1)C(=O)Nc1ccccc1Cl. The number of halogens is 1. The Hall–Kier alpha value is -2.77. The Balaban J connectivity index is 1.76. The maximum absolute atomic E-state index is 12.6. The average Bonchev–Trinajstić information content (AvgIpc) is 2.69. The fourth-order valence-corrected chi connectivity index (χ4v) is 3.84. The van der Waals surface area contributed by atoms with Crippen LogP contribution in [0.15, 0.2) is 70.6 Å². The first-order valence-corrected chi connectivity index (χ1v) is 10.3. The van der Waals surface area contributed by atoms with Gasteiger partial charge in [-0.2, -0.15) is 4.98 Å². The normalized spacial score (nSPS) is 11.8. The molecule has 150 valence electrons. The van der Waals surface area contributed by atoms with Crippen molar-refractivity contribution in [2.45, 2.75) is 30.3 Å². The first-order valence-electron chi connectivity index (χ1n) is 9.07. The minimum Gasteiger partial charge on any atom is -0.385 e. The molecular weight excluding hydrogens is 408 g/mol. The summed E-state index contributed by atoms with van der Waals surface area (Å²) in [6, 6.07) is 18.3. The fraction of sp³-hybridized carbons (Fsp3) is 0.190. The van der Waals surface area contributed by atoms with Crippen molar-refractivity contribution in [2.75, 3.05) is 11.1 Å². The molecule has 0 aliphatic rings. The van der Waals surface area contributed by atoms with Gasteiger partial charge in [0.1, 0.15) is 5.82 Å². The van der Waals surface area contributed by atoms with Gasteiger partial charge in [-0.1, -0.05) is 65.8 Å². The van der Waals surface area contributed by atoms with Gasteiger partial charge in [-0.05, 0) is 31.0 Å². The first kappa shape index (κ1) is 21.0. The van der Waals surface area contributed by atoms with Crippen LogP contribution in [0.4, 0.5) is 11.5 Å². The molecule has 3 aromatic rings. The summed E-state index contributed by atoms with van der Waals surface area (Å²) >= 11 is 7.29. The number of hydrogen-bond acceptors (Lipinski definition) is 5. The number of nitrogens with one attached hydrogen (secondary N) is 1. The second kappa shape index (κ2) is 9.62. The Kier molecular flexibility index (Phi) is 6.95. The van der Waals surface area contributed by atoms with Crippen molar-refractivity contribution in [3.8, 4) is 0 Å². The predicted octanol–water partition coefficient (Wildman–Crippen LogP) is 3.84. The van der Waals surface area contributed by atoms with Crippen LogP contribution in [0.25, 0.3) is 0 Å². The molecule has 29 heavy (non-hydrogen) atoms. The van der Waals surface area contributed by atoms with Gasteiger partial charge in [-0.25, -0.2) is 0 Å². The molecule has 8 heteroatoms. The lowest BCUT2D eigenvalue weighted by molar-refractivity contribution is -0.115. The molecule has 1 atom stereocenters. The largest absolute Gasteiger partial charge is 0.385 e. The lowest BCUT2D eigenvalue weighted by Gasteiger charge is -2.17. The average molecular weight is 429 g/mol. The highest BCUT2D eigenvalue weighted by atomic mass is 35.5. The van der Waals surface area contributed by atoms with Crippen LogP contribution in [0.2, 0.25) is 5.02 Å². The van der Waals surface area contributed by atoms with E-state index >= 15 is 0 Å². The van der Waals surface area contributed by atoms with Gasteiger partial charge in [0.25, 0.3) is 5.56 Å². The molecule has 0 aliphatic carbocycles. The third-order valence-corrected chi connectivity index (χ3v) is 5.69. The zero-order chi connectivity index (χ0) is 20.8. The van der Waals surface area contributed by atoms with E-state index in [9.17, 15) is 9.59 Å². The molecule has 0 bridgehead atoms. The summed E-state index contributed by atoms with van der Waals surface area (Å²) in [6.07, 6.45) is 0.726. The molecule has 3 N–H and O–H groups in total. The number of para-hydroxylation sites is 1. The lowest BCUT2D eigenvalue weighted by Crippen LogP contribution is -2.25. The Morgan fingerprint density at radius 1 is 1.21 bits per heavy atom. The summed E-state index contributed by atoms with van der Waals surface area (Å²) in [7, 11) is 0. The number of rotatable bonds is 7. The number of carbonyl (C=O) groups excluding carboxylic acids is 1. The molecule has 2 aromatic carbocycles. The van der Waals surface area contributed by atoms with E-state index in [1.54, 1.807) is 35.8 Å². The van der Waals surface area contributed by atoms with Gasteiger partial charge < -0.3 is 15.6 Å². The molecule has 0 radical (unpaired) electrons. The summed E-state index contributed by atoms with van der Waals surface area (Å²) in [4.78, 5) is 28.6. The van der Waals surface area contributed by atoms with E-state index in [0.717, 1.165) is 12.0 Å². The third kappa shape index (κ3) is 5.62. The predicted molar refractivity (Wildman–Crippen MR) is 118 cm³/mol. The number of amides is 1. The number of aryl methyl sites for hydroxylation is 1. The number of nitrogen functional groups attached to an aromatic ring is 1. The van der Waals surface area contributed by atoms with Gasteiger partial charge in [0.2, 0.25) is 5.91 Å². The van der Waals surface area contributed by atoms with Crippen molar-refractivity contribution in [1.29, 1.82) is 0 Å². The van der Waals surface area contributed by atoms with Crippen molar-refractivity contribution in [1.82, 2.24) is 9.55 Å². The molecule has 0 spiro atoms. The molecule has 1 amide bonds. The van der Waals surface area contributed by atoms with Gasteiger partial charge in [0.15, 0.2) is 5.16 Å². The van der Waals surface area contributed by atoms with Crippen molar-refractivity contribution in [2.24, 2.45) is 0 Å². The summed E-state index contributed by atoms with van der Waals surface area (Å²) in [6.45, 7) is 2.29. The topological polar surface area (TPSA) is 90.0 Å². The van der Waals surface area contributed by atoms with Crippen LogP contribution in [0.1, 0.15) is 12.5 Å². The van der Waals surface area contributed by atoms with E-state index in [2.05, 4.69) is 10.3 Å². The lowest BCUT2D eigenvalue weighted by atomic mass is 10.1. The molecule has 0 saturated heterocycles. The van der Waals surface area contributed by atoms with E-state index in [1.807, 2.05) is 30.3 Å². The van der Waals surface area contributed by atoms with Crippen LogP contribution in [0.5, 0.6) is 0 Å². The number of benzene rings is 2. The minimum atomic E-state index is -0.511. The quantitative estimate of drug-likeness (QED) is 0.440. The monoisotopic (exact) mass is 428 g/mol. The van der Waals surface area contributed by atoms with Crippen molar-refractivity contribution >= 4 is 40.8 Å². The molecular formula is C21H21ClN4O2S. The van der Waals surface area contributed by atoms with Crippen LogP contribution in [0.3, 0.4) is 0 Å². The highest BCUT2D eigenvalue weighted by molar-refractivity contribution is 8.00. The number of anilines is 2. The highest BCUT2D eigenvalue weighted by Crippen LogP contribution is 2.26. The number of nitrogens with two attached hydrogens (primary N) is 1. The van der Waals surface area contributed by atoms with Gasteiger partial charge in [0, 0.05) is 12.6 Å². The van der Waals surface area contributed by atoms with E-state index in [-0.39, 0.29) is 5.91 Å². The van der Waals surface area contributed by atoms with Crippen LogP contribution >= 0.6 is 23.4 Å². The molecule has 1 aromatic heterocycles. The van der Waals surface area contributed by atoms with Crippen molar-refractivity contribution in [3.05, 3.63) is 81.6 Å². The maximum Gasteiger partial charge on any atom is 0.275 e. The second-order valence-corrected chi connectivity index (χ2v) is 8.13. The van der Waals surface area contributed by atoms with E-state index in [0.29, 0.717) is 28.2 Å². The maximum atomic E-state index is 12.6. The molecule has 3 rings (SSSR count). The smallest absolute Gasteiger partial charge is 0.275 e. The molecule has 0 saturated carbocycles. The van der Waals surface area contributed by atoms with E-state index in [1.165, 1.54) is 17.8 Å². The number of nitrogens with zero attached hydrogens (tertiary/aromatic N) is 2. The number of thioether (sulfide) groups is 1. The number of hydrogen-bond donors (Lipinski definition) is 2. The van der Waals surface area contributed by atoms with Crippen LogP contribution in [0, 0.1) is 0 Å². The van der Waals surface area contributed by atoms with Crippen LogP contribution in [-0.4, -0.2) is 20.7 Å². The molecule has 0 aliphatic heterocycles. The van der Waals surface area contributed by atoms with Gasteiger partial charge >= 0.3 is 0 Å². The Morgan fingerprint density at radius 3 is 2.62 bits per heavy atom. The molecule has 6 nitrogen and oxygen atoms in total. The number of aromatic nitrogens is 2. The first-order chi connectivity index (χ1) is 13.9. The van der Waals surface area contributed by atoms with Gasteiger partial charge in [0.05, 0.1) is 16.0 Å². The summed E-state index contributed by atoms with van der Waals surface area (Å²) in [5.74, 6) is 0.0801. The minimum absolute atomic E-state index is 0.241. The van der Waals surface area contributed by atoms with Gasteiger partial charge in [-0.3, -0.25) is 9.59 Å². The zero-order valence-electron chi connectivity index (χ0n) is 15.8. The molecule has 0 unspecified atom stereocenters. The standard InChI is InChI=1S/C21H21ClN4O2S/c1-14(20(28)24-17-10-6-5-9-16(17)22)29-21-25-19(27)13-18(23)26(21)12-11-15-7-3-2-4-8-15/h2-10,13-14H,11-12,23H2,1H3,(H,24,28)/t14-/m1/s1. The summed E-state index contributed by atoms with van der Waals surface area (Å²) in [5.41, 5.74) is 7.32. The Bertz CT molecular complexity index is 1060. The van der Waals surface area contributed by atoms with Crippen LogP contribution in [-0.2, 0) is 17.8 Å². The van der Waals surface area contributed by atoms with Gasteiger partial charge in [-0.15, -0.1) is 0 Å². The highest BCUT2D eigenvalue weighted by Gasteiger charge is 2.19. The number of carbonyl (C=O) groups is 1. The Labute approximate surface area is 178 Å². The third-order valence-electron chi connectivity index (χ3n) is 4.27. The Morgan fingerprint density at radius 2 is 1.90 bits per heavy atom.